The molecule has 0 spiro atoms. The number of nitrogens with zero attached hydrogens (tertiary/aromatic N) is 1. The van der Waals surface area contributed by atoms with Gasteiger partial charge in [-0.2, -0.15) is 5.10 Å². The van der Waals surface area contributed by atoms with Crippen LogP contribution < -0.4 is 5.43 Å². The number of nitrogens with one attached hydrogen (secondary N) is 1. The fraction of sp³-hybridized carbons (Fsp3) is 0.235. The lowest BCUT2D eigenvalue weighted by Gasteiger charge is -2.09. The van der Waals surface area contributed by atoms with Gasteiger partial charge in [0.1, 0.15) is 0 Å². The lowest BCUT2D eigenvalue weighted by atomic mass is 10.1. The van der Waals surface area contributed by atoms with Gasteiger partial charge in [0.2, 0.25) is 0 Å². The Morgan fingerprint density at radius 3 is 2.35 bits per heavy atom. The van der Waals surface area contributed by atoms with Crippen LogP contribution in [0.3, 0.4) is 0 Å². The molecule has 0 fully saturated rings. The molecule has 0 saturated carbocycles. The minimum atomic E-state index is 0.440. The van der Waals surface area contributed by atoms with Crippen molar-refractivity contribution in [2.45, 2.75) is 13.8 Å². The Morgan fingerprint density at radius 2 is 1.70 bits per heavy atom. The second-order valence-corrected chi connectivity index (χ2v) is 5.69. The zero-order chi connectivity index (χ0) is 14.4. The van der Waals surface area contributed by atoms with E-state index in [9.17, 15) is 0 Å². The summed E-state index contributed by atoms with van der Waals surface area (Å²) in [6.07, 6.45) is 2.06. The topological polar surface area (TPSA) is 24.4 Å². The normalized spacial score (nSPS) is 11.7. The van der Waals surface area contributed by atoms with Crippen LogP contribution in [0, 0.1) is 5.92 Å². The van der Waals surface area contributed by atoms with Crippen molar-refractivity contribution >= 4 is 22.5 Å². The molecule has 0 unspecified atom stereocenters. The van der Waals surface area contributed by atoms with Crippen LogP contribution in [0.2, 0.25) is 0 Å². The number of hydrogen-bond acceptors (Lipinski definition) is 3. The van der Waals surface area contributed by atoms with Crippen molar-refractivity contribution in [3.05, 3.63) is 54.6 Å². The summed E-state index contributed by atoms with van der Waals surface area (Å²) in [5.74, 6) is 0.440. The first-order valence-corrected chi connectivity index (χ1v) is 7.96. The Morgan fingerprint density at radius 1 is 1.00 bits per heavy atom. The maximum Gasteiger partial charge on any atom is 0.0958 e. The summed E-state index contributed by atoms with van der Waals surface area (Å²) in [4.78, 5) is 0. The Bertz CT molecular complexity index is 577. The number of benzene rings is 2. The lowest BCUT2D eigenvalue weighted by Crippen LogP contribution is -2.05. The molecular weight excluding hydrogens is 264 g/mol. The van der Waals surface area contributed by atoms with Gasteiger partial charge in [-0.05, 0) is 29.5 Å². The third kappa shape index (κ3) is 3.87. The molecule has 2 aromatic carbocycles. The monoisotopic (exact) mass is 284 g/mol. The number of hydrazone groups is 1. The molecule has 0 aliphatic rings. The highest BCUT2D eigenvalue weighted by molar-refractivity contribution is 8.13. The van der Waals surface area contributed by atoms with Crippen LogP contribution in [0.4, 0.5) is 5.69 Å². The molecule has 0 bridgehead atoms. The highest BCUT2D eigenvalue weighted by Crippen LogP contribution is 2.22. The van der Waals surface area contributed by atoms with Gasteiger partial charge < -0.3 is 0 Å². The summed E-state index contributed by atoms with van der Waals surface area (Å²) < 4.78 is 0. The molecule has 0 radical (unpaired) electrons. The second kappa shape index (κ2) is 7.15. The van der Waals surface area contributed by atoms with Gasteiger partial charge in [0.15, 0.2) is 0 Å². The number of rotatable bonds is 4. The van der Waals surface area contributed by atoms with Gasteiger partial charge in [-0.1, -0.05) is 56.3 Å². The average molecular weight is 284 g/mol. The highest BCUT2D eigenvalue weighted by Gasteiger charge is 2.03. The average Bonchev–Trinajstić information content (AvgIpc) is 2.49. The first kappa shape index (κ1) is 14.7. The van der Waals surface area contributed by atoms with E-state index in [0.717, 1.165) is 10.7 Å². The standard InChI is InChI=1S/C17H20N2S/c1-13(2)17(20-3)19-18-16-11-7-10-15(12-16)14-8-5-4-6-9-14/h4-13,18H,1-3H3/b19-17-. The van der Waals surface area contributed by atoms with Crippen LogP contribution in [0.25, 0.3) is 11.1 Å². The van der Waals surface area contributed by atoms with E-state index >= 15 is 0 Å². The summed E-state index contributed by atoms with van der Waals surface area (Å²) in [7, 11) is 0. The van der Waals surface area contributed by atoms with Gasteiger partial charge in [-0.25, -0.2) is 0 Å². The van der Waals surface area contributed by atoms with E-state index in [1.807, 2.05) is 18.2 Å². The molecule has 2 nitrogen and oxygen atoms in total. The molecule has 0 aromatic heterocycles. The third-order valence-electron chi connectivity index (χ3n) is 2.97. The zero-order valence-corrected chi connectivity index (χ0v) is 12.9. The van der Waals surface area contributed by atoms with Gasteiger partial charge in [0.05, 0.1) is 10.7 Å². The Kier molecular flexibility index (Phi) is 5.24. The van der Waals surface area contributed by atoms with Crippen LogP contribution in [-0.4, -0.2) is 11.3 Å². The zero-order valence-electron chi connectivity index (χ0n) is 12.1. The van der Waals surface area contributed by atoms with E-state index in [4.69, 9.17) is 0 Å². The molecule has 20 heavy (non-hydrogen) atoms. The van der Waals surface area contributed by atoms with Crippen molar-refractivity contribution in [2.75, 3.05) is 11.7 Å². The number of anilines is 1. The molecule has 2 rings (SSSR count). The highest BCUT2D eigenvalue weighted by atomic mass is 32.2. The van der Waals surface area contributed by atoms with E-state index in [-0.39, 0.29) is 0 Å². The summed E-state index contributed by atoms with van der Waals surface area (Å²) in [6.45, 7) is 4.30. The maximum absolute atomic E-state index is 4.48. The van der Waals surface area contributed by atoms with E-state index < -0.39 is 0 Å². The molecule has 2 aromatic rings. The van der Waals surface area contributed by atoms with Crippen LogP contribution >= 0.6 is 11.8 Å². The maximum atomic E-state index is 4.48. The summed E-state index contributed by atoms with van der Waals surface area (Å²) in [5.41, 5.74) is 6.58. The van der Waals surface area contributed by atoms with Crippen LogP contribution in [-0.2, 0) is 0 Å². The van der Waals surface area contributed by atoms with Gasteiger partial charge in [-0.3, -0.25) is 5.43 Å². The molecule has 0 heterocycles. The molecule has 0 amide bonds. The molecule has 0 aliphatic heterocycles. The molecule has 3 heteroatoms. The fourth-order valence-corrected chi connectivity index (χ4v) is 2.54. The van der Waals surface area contributed by atoms with Crippen molar-refractivity contribution in [3.8, 4) is 11.1 Å². The molecule has 0 atom stereocenters. The van der Waals surface area contributed by atoms with Gasteiger partial charge in [0, 0.05) is 5.92 Å². The van der Waals surface area contributed by atoms with E-state index in [2.05, 4.69) is 67.0 Å². The smallest absolute Gasteiger partial charge is 0.0958 e. The van der Waals surface area contributed by atoms with Crippen LogP contribution in [0.15, 0.2) is 59.7 Å². The first-order chi connectivity index (χ1) is 9.70. The second-order valence-electron chi connectivity index (χ2n) is 4.87. The Hall–Kier alpha value is -1.74. The molecule has 104 valence electrons. The molecule has 0 saturated heterocycles. The molecular formula is C17H20N2S. The van der Waals surface area contributed by atoms with Gasteiger partial charge in [0.25, 0.3) is 0 Å². The Labute approximate surface area is 125 Å². The van der Waals surface area contributed by atoms with Crippen molar-refractivity contribution in [1.82, 2.24) is 0 Å². The Balaban J connectivity index is 2.19. The van der Waals surface area contributed by atoms with Crippen molar-refractivity contribution in [1.29, 1.82) is 0 Å². The summed E-state index contributed by atoms with van der Waals surface area (Å²) >= 11 is 1.69. The third-order valence-corrected chi connectivity index (χ3v) is 3.95. The molecule has 1 N–H and O–H groups in total. The van der Waals surface area contributed by atoms with Crippen molar-refractivity contribution in [2.24, 2.45) is 11.0 Å². The largest absolute Gasteiger partial charge is 0.278 e. The first-order valence-electron chi connectivity index (χ1n) is 6.74. The molecule has 0 aliphatic carbocycles. The van der Waals surface area contributed by atoms with Crippen molar-refractivity contribution < 1.29 is 0 Å². The van der Waals surface area contributed by atoms with Crippen LogP contribution in [0.1, 0.15) is 13.8 Å². The SMILES string of the molecule is CS/C(=N\Nc1cccc(-c2ccccc2)c1)C(C)C. The minimum Gasteiger partial charge on any atom is -0.278 e. The van der Waals surface area contributed by atoms with E-state index in [1.54, 1.807) is 11.8 Å². The fourth-order valence-electron chi connectivity index (χ4n) is 1.93. The quantitative estimate of drug-likeness (QED) is 0.480. The number of thioether (sulfide) groups is 1. The predicted octanol–water partition coefficient (Wildman–Crippen LogP) is 5.10. The predicted molar refractivity (Wildman–Crippen MR) is 91.3 cm³/mol. The summed E-state index contributed by atoms with van der Waals surface area (Å²) in [6, 6.07) is 18.7. The van der Waals surface area contributed by atoms with E-state index in [0.29, 0.717) is 5.92 Å². The van der Waals surface area contributed by atoms with Crippen molar-refractivity contribution in [3.63, 3.8) is 0 Å². The summed E-state index contributed by atoms with van der Waals surface area (Å²) in [5, 5.41) is 5.58. The van der Waals surface area contributed by atoms with Gasteiger partial charge in [-0.15, -0.1) is 11.8 Å². The lowest BCUT2D eigenvalue weighted by molar-refractivity contribution is 0.897. The minimum absolute atomic E-state index is 0.440. The van der Waals surface area contributed by atoms with Crippen LogP contribution in [0.5, 0.6) is 0 Å². The van der Waals surface area contributed by atoms with Gasteiger partial charge >= 0.3 is 0 Å². The van der Waals surface area contributed by atoms with E-state index in [1.165, 1.54) is 11.1 Å². The number of hydrogen-bond donors (Lipinski definition) is 1.